The van der Waals surface area contributed by atoms with Crippen LogP contribution in [-0.4, -0.2) is 31.4 Å². The number of nitrogens with zero attached hydrogens (tertiary/aromatic N) is 4. The first-order chi connectivity index (χ1) is 5.75. The van der Waals surface area contributed by atoms with Crippen LogP contribution in [0.4, 0.5) is 0 Å². The largest absolute Gasteiger partial charge is 0.391 e. The van der Waals surface area contributed by atoms with E-state index in [1.807, 2.05) is 0 Å². The summed E-state index contributed by atoms with van der Waals surface area (Å²) in [5, 5.41) is 20.9. The van der Waals surface area contributed by atoms with Crippen molar-refractivity contribution in [2.45, 2.75) is 38.3 Å². The molecule has 0 aliphatic heterocycles. The van der Waals surface area contributed by atoms with E-state index in [1.165, 1.54) is 17.6 Å². The van der Waals surface area contributed by atoms with Gasteiger partial charge >= 0.3 is 0 Å². The van der Waals surface area contributed by atoms with Gasteiger partial charge in [0.25, 0.3) is 0 Å². The van der Waals surface area contributed by atoms with Gasteiger partial charge in [-0.25, -0.2) is 0 Å². The van der Waals surface area contributed by atoms with E-state index in [0.717, 1.165) is 5.82 Å². The van der Waals surface area contributed by atoms with Gasteiger partial charge in [-0.3, -0.25) is 0 Å². The van der Waals surface area contributed by atoms with Gasteiger partial charge in [0.2, 0.25) is 0 Å². The van der Waals surface area contributed by atoms with Crippen LogP contribution in [0, 0.1) is 0 Å². The van der Waals surface area contributed by atoms with Gasteiger partial charge in [0.05, 0.1) is 12.6 Å². The van der Waals surface area contributed by atoms with Crippen molar-refractivity contribution in [2.75, 3.05) is 0 Å². The van der Waals surface area contributed by atoms with Crippen molar-refractivity contribution in [3.63, 3.8) is 0 Å². The zero-order valence-electron chi connectivity index (χ0n) is 7.01. The molecule has 1 fully saturated rings. The summed E-state index contributed by atoms with van der Waals surface area (Å²) >= 11 is 0. The molecule has 5 nitrogen and oxygen atoms in total. The average molecular weight is 168 g/mol. The van der Waals surface area contributed by atoms with Crippen LogP contribution in [0.2, 0.25) is 0 Å². The Morgan fingerprint density at radius 3 is 3.00 bits per heavy atom. The van der Waals surface area contributed by atoms with Crippen molar-refractivity contribution in [1.29, 1.82) is 0 Å². The normalized spacial score (nSPS) is 19.5. The standard InChI is InChI=1S/C7H12N4O/c1-5(12)4-11-9-7(8-10-11)6-2-3-6/h5-6,12H,2-4H2,1H3. The zero-order valence-corrected chi connectivity index (χ0v) is 7.01. The molecule has 0 spiro atoms. The zero-order chi connectivity index (χ0) is 8.55. The van der Waals surface area contributed by atoms with E-state index in [1.54, 1.807) is 6.92 Å². The molecule has 1 aliphatic carbocycles. The van der Waals surface area contributed by atoms with E-state index in [9.17, 15) is 0 Å². The van der Waals surface area contributed by atoms with Crippen LogP contribution in [0.1, 0.15) is 31.5 Å². The van der Waals surface area contributed by atoms with Gasteiger partial charge in [0, 0.05) is 5.92 Å². The molecule has 1 saturated carbocycles. The number of tetrazole rings is 1. The average Bonchev–Trinajstić information content (AvgIpc) is 2.73. The molecular formula is C7H12N4O. The Morgan fingerprint density at radius 1 is 1.67 bits per heavy atom. The maximum Gasteiger partial charge on any atom is 0.177 e. The molecule has 66 valence electrons. The van der Waals surface area contributed by atoms with Crippen molar-refractivity contribution in [2.24, 2.45) is 0 Å². The van der Waals surface area contributed by atoms with E-state index in [4.69, 9.17) is 5.11 Å². The molecule has 1 aromatic rings. The molecule has 0 amide bonds. The smallest absolute Gasteiger partial charge is 0.177 e. The van der Waals surface area contributed by atoms with E-state index < -0.39 is 6.10 Å². The quantitative estimate of drug-likeness (QED) is 0.686. The van der Waals surface area contributed by atoms with Crippen LogP contribution in [0.15, 0.2) is 0 Å². The van der Waals surface area contributed by atoms with Crippen molar-refractivity contribution >= 4 is 0 Å². The summed E-state index contributed by atoms with van der Waals surface area (Å²) in [4.78, 5) is 1.46. The summed E-state index contributed by atoms with van der Waals surface area (Å²) in [6.07, 6.45) is 1.95. The number of aromatic nitrogens is 4. The van der Waals surface area contributed by atoms with Gasteiger partial charge in [-0.1, -0.05) is 0 Å². The molecule has 0 bridgehead atoms. The summed E-state index contributed by atoms with van der Waals surface area (Å²) < 4.78 is 0. The maximum atomic E-state index is 9.04. The fraction of sp³-hybridized carbons (Fsp3) is 0.857. The summed E-state index contributed by atoms with van der Waals surface area (Å²) in [6, 6.07) is 0. The molecule has 1 aromatic heterocycles. The lowest BCUT2D eigenvalue weighted by atomic mass is 10.4. The second kappa shape index (κ2) is 2.82. The Kier molecular flexibility index (Phi) is 1.80. The van der Waals surface area contributed by atoms with E-state index in [0.29, 0.717) is 12.5 Å². The molecule has 1 atom stereocenters. The number of rotatable bonds is 3. The molecule has 1 aliphatic rings. The van der Waals surface area contributed by atoms with Gasteiger partial charge in [0.15, 0.2) is 5.82 Å². The van der Waals surface area contributed by atoms with E-state index in [-0.39, 0.29) is 0 Å². The van der Waals surface area contributed by atoms with Gasteiger partial charge < -0.3 is 5.11 Å². The van der Waals surface area contributed by atoms with Crippen molar-refractivity contribution in [1.82, 2.24) is 20.2 Å². The van der Waals surface area contributed by atoms with Crippen molar-refractivity contribution in [3.05, 3.63) is 5.82 Å². The van der Waals surface area contributed by atoms with Gasteiger partial charge in [-0.2, -0.15) is 4.80 Å². The van der Waals surface area contributed by atoms with Crippen LogP contribution >= 0.6 is 0 Å². The lowest BCUT2D eigenvalue weighted by Crippen LogP contribution is -2.14. The number of hydrogen-bond donors (Lipinski definition) is 1. The molecule has 0 radical (unpaired) electrons. The van der Waals surface area contributed by atoms with Crippen LogP contribution < -0.4 is 0 Å². The highest BCUT2D eigenvalue weighted by Crippen LogP contribution is 2.37. The summed E-state index contributed by atoms with van der Waals surface area (Å²) in [5.41, 5.74) is 0. The van der Waals surface area contributed by atoms with Crippen LogP contribution in [0.25, 0.3) is 0 Å². The molecule has 1 heterocycles. The summed E-state index contributed by atoms with van der Waals surface area (Å²) in [5.74, 6) is 1.36. The molecule has 1 N–H and O–H groups in total. The number of hydrogen-bond acceptors (Lipinski definition) is 4. The molecule has 5 heteroatoms. The summed E-state index contributed by atoms with van der Waals surface area (Å²) in [7, 11) is 0. The monoisotopic (exact) mass is 168 g/mol. The van der Waals surface area contributed by atoms with Gasteiger partial charge in [-0.05, 0) is 25.0 Å². The number of aliphatic hydroxyl groups excluding tert-OH is 1. The molecule has 1 unspecified atom stereocenters. The maximum absolute atomic E-state index is 9.04. The Bertz CT molecular complexity index is 266. The highest BCUT2D eigenvalue weighted by molar-refractivity contribution is 5.00. The Labute approximate surface area is 70.4 Å². The van der Waals surface area contributed by atoms with E-state index in [2.05, 4.69) is 15.4 Å². The predicted molar refractivity (Wildman–Crippen MR) is 41.5 cm³/mol. The first-order valence-electron chi connectivity index (χ1n) is 4.21. The Morgan fingerprint density at radius 2 is 2.42 bits per heavy atom. The minimum absolute atomic E-state index is 0.411. The Hall–Kier alpha value is -0.970. The lowest BCUT2D eigenvalue weighted by molar-refractivity contribution is 0.161. The fourth-order valence-corrected chi connectivity index (χ4v) is 1.07. The van der Waals surface area contributed by atoms with E-state index >= 15 is 0 Å². The third-order valence-corrected chi connectivity index (χ3v) is 1.84. The van der Waals surface area contributed by atoms with Crippen LogP contribution in [-0.2, 0) is 6.54 Å². The highest BCUT2D eigenvalue weighted by atomic mass is 16.3. The van der Waals surface area contributed by atoms with Crippen molar-refractivity contribution in [3.8, 4) is 0 Å². The molecule has 0 aromatic carbocycles. The number of aliphatic hydroxyl groups is 1. The second-order valence-electron chi connectivity index (χ2n) is 3.33. The predicted octanol–water partition coefficient (Wildman–Crippen LogP) is -0.0687. The van der Waals surface area contributed by atoms with Crippen molar-refractivity contribution < 1.29 is 5.11 Å². The first-order valence-corrected chi connectivity index (χ1v) is 4.21. The SMILES string of the molecule is CC(O)Cn1nnc(C2CC2)n1. The molecule has 2 rings (SSSR count). The topological polar surface area (TPSA) is 63.8 Å². The highest BCUT2D eigenvalue weighted by Gasteiger charge is 2.28. The molecule has 12 heavy (non-hydrogen) atoms. The minimum atomic E-state index is -0.411. The lowest BCUT2D eigenvalue weighted by Gasteiger charge is -1.99. The van der Waals surface area contributed by atoms with Gasteiger partial charge in [0.1, 0.15) is 0 Å². The Balaban J connectivity index is 2.03. The third kappa shape index (κ3) is 1.61. The fourth-order valence-electron chi connectivity index (χ4n) is 1.07. The first kappa shape index (κ1) is 7.67. The van der Waals surface area contributed by atoms with Gasteiger partial charge in [-0.15, -0.1) is 10.2 Å². The second-order valence-corrected chi connectivity index (χ2v) is 3.33. The molecule has 0 saturated heterocycles. The minimum Gasteiger partial charge on any atom is -0.391 e. The summed E-state index contributed by atoms with van der Waals surface area (Å²) in [6.45, 7) is 2.14. The van der Waals surface area contributed by atoms with Crippen LogP contribution in [0.3, 0.4) is 0 Å². The third-order valence-electron chi connectivity index (χ3n) is 1.84. The molecular weight excluding hydrogens is 156 g/mol. The van der Waals surface area contributed by atoms with Crippen LogP contribution in [0.5, 0.6) is 0 Å².